The van der Waals surface area contributed by atoms with Crippen LogP contribution in [-0.2, 0) is 12.8 Å². The monoisotopic (exact) mass is 227 g/mol. The summed E-state index contributed by atoms with van der Waals surface area (Å²) in [5, 5.41) is 3.34. The van der Waals surface area contributed by atoms with Gasteiger partial charge in [-0.2, -0.15) is 0 Å². The topological polar surface area (TPSA) is 51.0 Å². The van der Waals surface area contributed by atoms with E-state index < -0.39 is 0 Å². The van der Waals surface area contributed by atoms with E-state index in [1.165, 1.54) is 18.4 Å². The number of fused-ring (bicyclic) bond motifs is 3. The molecule has 2 aliphatic rings. The number of rotatable bonds is 2. The normalized spacial score (nSPS) is 17.4. The van der Waals surface area contributed by atoms with Crippen LogP contribution in [0.15, 0.2) is 22.9 Å². The maximum absolute atomic E-state index is 5.47. The Labute approximate surface area is 99.1 Å². The van der Waals surface area contributed by atoms with Gasteiger partial charge in [0.25, 0.3) is 0 Å². The van der Waals surface area contributed by atoms with Gasteiger partial charge in [-0.25, -0.2) is 9.97 Å². The largest absolute Gasteiger partial charge is 0.469 e. The van der Waals surface area contributed by atoms with Crippen molar-refractivity contribution in [2.75, 3.05) is 5.32 Å². The van der Waals surface area contributed by atoms with Crippen LogP contribution in [0.2, 0.25) is 0 Å². The summed E-state index contributed by atoms with van der Waals surface area (Å²) in [7, 11) is 0. The van der Waals surface area contributed by atoms with Crippen LogP contribution in [-0.4, -0.2) is 16.0 Å². The molecule has 0 bridgehead atoms. The number of hydrogen-bond donors (Lipinski definition) is 1. The molecule has 0 atom stereocenters. The molecule has 0 unspecified atom stereocenters. The smallest absolute Gasteiger partial charge is 0.223 e. The van der Waals surface area contributed by atoms with Gasteiger partial charge in [-0.3, -0.25) is 0 Å². The summed E-state index contributed by atoms with van der Waals surface area (Å²) in [5.74, 6) is 1.80. The minimum absolute atomic E-state index is 0.584. The van der Waals surface area contributed by atoms with E-state index in [0.29, 0.717) is 6.04 Å². The molecule has 2 aromatic rings. The number of anilines is 1. The van der Waals surface area contributed by atoms with Crippen molar-refractivity contribution in [2.24, 2.45) is 0 Å². The highest BCUT2D eigenvalue weighted by molar-refractivity contribution is 5.68. The SMILES string of the molecule is c1cc2c(o1)CCc1cnc(NC3CC3)nc1-2. The van der Waals surface area contributed by atoms with Crippen molar-refractivity contribution in [3.63, 3.8) is 0 Å². The van der Waals surface area contributed by atoms with Gasteiger partial charge in [0.2, 0.25) is 5.95 Å². The Kier molecular flexibility index (Phi) is 1.80. The molecule has 1 saturated carbocycles. The Morgan fingerprint density at radius 3 is 3.12 bits per heavy atom. The summed E-state index contributed by atoms with van der Waals surface area (Å²) in [4.78, 5) is 9.00. The van der Waals surface area contributed by atoms with E-state index in [1.807, 2.05) is 12.3 Å². The standard InChI is InChI=1S/C13H13N3O/c1-4-11-10(5-6-17-11)12-8(1)7-14-13(16-12)15-9-2-3-9/h5-7,9H,1-4H2,(H,14,15,16). The molecule has 0 amide bonds. The number of hydrogen-bond acceptors (Lipinski definition) is 4. The summed E-state index contributed by atoms with van der Waals surface area (Å²) < 4.78 is 5.47. The third kappa shape index (κ3) is 1.52. The van der Waals surface area contributed by atoms with Gasteiger partial charge in [0.1, 0.15) is 5.76 Å². The summed E-state index contributed by atoms with van der Waals surface area (Å²) in [6.45, 7) is 0. The van der Waals surface area contributed by atoms with Gasteiger partial charge in [-0.05, 0) is 30.9 Å². The summed E-state index contributed by atoms with van der Waals surface area (Å²) in [6.07, 6.45) is 8.08. The first kappa shape index (κ1) is 9.22. The average molecular weight is 227 g/mol. The molecule has 0 saturated heterocycles. The summed E-state index contributed by atoms with van der Waals surface area (Å²) >= 11 is 0. The van der Waals surface area contributed by atoms with Crippen molar-refractivity contribution in [2.45, 2.75) is 31.7 Å². The quantitative estimate of drug-likeness (QED) is 0.856. The number of furan rings is 1. The first-order chi connectivity index (χ1) is 8.40. The molecule has 4 rings (SSSR count). The van der Waals surface area contributed by atoms with Crippen LogP contribution in [0.5, 0.6) is 0 Å². The van der Waals surface area contributed by atoms with Gasteiger partial charge < -0.3 is 9.73 Å². The van der Waals surface area contributed by atoms with E-state index in [9.17, 15) is 0 Å². The summed E-state index contributed by atoms with van der Waals surface area (Å²) in [5.41, 5.74) is 3.39. The second-order valence-corrected chi connectivity index (χ2v) is 4.74. The average Bonchev–Trinajstić information content (AvgIpc) is 3.03. The fraction of sp³-hybridized carbons (Fsp3) is 0.385. The van der Waals surface area contributed by atoms with Gasteiger partial charge in [-0.1, -0.05) is 0 Å². The predicted octanol–water partition coefficient (Wildman–Crippen LogP) is 2.41. The van der Waals surface area contributed by atoms with Crippen LogP contribution < -0.4 is 5.32 Å². The van der Waals surface area contributed by atoms with E-state index >= 15 is 0 Å². The molecule has 2 aromatic heterocycles. The van der Waals surface area contributed by atoms with Crippen molar-refractivity contribution in [3.05, 3.63) is 29.9 Å². The molecule has 1 N–H and O–H groups in total. The molecule has 2 heterocycles. The number of aryl methyl sites for hydroxylation is 2. The minimum atomic E-state index is 0.584. The second kappa shape index (κ2) is 3.32. The van der Waals surface area contributed by atoms with Crippen LogP contribution in [0.3, 0.4) is 0 Å². The van der Waals surface area contributed by atoms with E-state index in [-0.39, 0.29) is 0 Å². The third-order valence-electron chi connectivity index (χ3n) is 3.40. The molecule has 1 fully saturated rings. The maximum atomic E-state index is 5.47. The molecule has 0 aromatic carbocycles. The van der Waals surface area contributed by atoms with Crippen LogP contribution >= 0.6 is 0 Å². The zero-order chi connectivity index (χ0) is 11.2. The lowest BCUT2D eigenvalue weighted by molar-refractivity contribution is 0.506. The maximum Gasteiger partial charge on any atom is 0.223 e. The van der Waals surface area contributed by atoms with Crippen LogP contribution in [0.4, 0.5) is 5.95 Å². The minimum Gasteiger partial charge on any atom is -0.469 e. The number of nitrogens with one attached hydrogen (secondary N) is 1. The first-order valence-corrected chi connectivity index (χ1v) is 6.09. The molecule has 86 valence electrons. The van der Waals surface area contributed by atoms with Gasteiger partial charge >= 0.3 is 0 Å². The van der Waals surface area contributed by atoms with Crippen LogP contribution in [0.1, 0.15) is 24.2 Å². The Hall–Kier alpha value is -1.84. The van der Waals surface area contributed by atoms with E-state index in [0.717, 1.165) is 35.8 Å². The lowest BCUT2D eigenvalue weighted by atomic mass is 9.96. The van der Waals surface area contributed by atoms with Gasteiger partial charge in [0, 0.05) is 24.2 Å². The lowest BCUT2D eigenvalue weighted by Gasteiger charge is -2.14. The van der Waals surface area contributed by atoms with Crippen LogP contribution in [0, 0.1) is 0 Å². The van der Waals surface area contributed by atoms with Crippen molar-refractivity contribution < 1.29 is 4.42 Å². The fourth-order valence-electron chi connectivity index (χ4n) is 2.30. The molecule has 4 nitrogen and oxygen atoms in total. The number of nitrogens with zero attached hydrogens (tertiary/aromatic N) is 2. The highest BCUT2D eigenvalue weighted by Gasteiger charge is 2.24. The molecule has 4 heteroatoms. The van der Waals surface area contributed by atoms with E-state index in [4.69, 9.17) is 4.42 Å². The highest BCUT2D eigenvalue weighted by atomic mass is 16.3. The third-order valence-corrected chi connectivity index (χ3v) is 3.40. The van der Waals surface area contributed by atoms with Gasteiger partial charge in [0.05, 0.1) is 12.0 Å². The second-order valence-electron chi connectivity index (χ2n) is 4.74. The van der Waals surface area contributed by atoms with Crippen molar-refractivity contribution in [1.82, 2.24) is 9.97 Å². The Morgan fingerprint density at radius 2 is 2.24 bits per heavy atom. The number of aromatic nitrogens is 2. The fourth-order valence-corrected chi connectivity index (χ4v) is 2.30. The van der Waals surface area contributed by atoms with E-state index in [2.05, 4.69) is 15.3 Å². The molecular formula is C13H13N3O. The lowest BCUT2D eigenvalue weighted by Crippen LogP contribution is -2.10. The van der Waals surface area contributed by atoms with Gasteiger partial charge in [-0.15, -0.1) is 0 Å². The summed E-state index contributed by atoms with van der Waals surface area (Å²) in [6, 6.07) is 2.58. The zero-order valence-corrected chi connectivity index (χ0v) is 9.44. The molecule has 2 aliphatic carbocycles. The van der Waals surface area contributed by atoms with Gasteiger partial charge in [0.15, 0.2) is 0 Å². The molecule has 0 spiro atoms. The molecular weight excluding hydrogens is 214 g/mol. The van der Waals surface area contributed by atoms with Crippen molar-refractivity contribution >= 4 is 5.95 Å². The zero-order valence-electron chi connectivity index (χ0n) is 9.44. The molecule has 0 radical (unpaired) electrons. The highest BCUT2D eigenvalue weighted by Crippen LogP contribution is 2.33. The van der Waals surface area contributed by atoms with E-state index in [1.54, 1.807) is 6.26 Å². The predicted molar refractivity (Wildman–Crippen MR) is 63.8 cm³/mol. The Balaban J connectivity index is 1.78. The van der Waals surface area contributed by atoms with Crippen molar-refractivity contribution in [3.8, 4) is 11.3 Å². The van der Waals surface area contributed by atoms with Crippen molar-refractivity contribution in [1.29, 1.82) is 0 Å². The Bertz CT molecular complexity index is 572. The van der Waals surface area contributed by atoms with Crippen LogP contribution in [0.25, 0.3) is 11.3 Å². The first-order valence-electron chi connectivity index (χ1n) is 6.09. The molecule has 0 aliphatic heterocycles. The molecule has 17 heavy (non-hydrogen) atoms. The Morgan fingerprint density at radius 1 is 1.29 bits per heavy atom.